The minimum absolute atomic E-state index is 0.116. The van der Waals surface area contributed by atoms with Gasteiger partial charge in [0.05, 0.1) is 11.4 Å². The largest absolute Gasteiger partial charge is 0.319 e. The highest BCUT2D eigenvalue weighted by molar-refractivity contribution is 9.10. The zero-order valence-electron chi connectivity index (χ0n) is 16.3. The maximum absolute atomic E-state index is 13.3. The third-order valence-electron chi connectivity index (χ3n) is 5.03. The van der Waals surface area contributed by atoms with Gasteiger partial charge >= 0.3 is 0 Å². The number of hydrogen-bond donors (Lipinski definition) is 1. The Morgan fingerprint density at radius 1 is 1.23 bits per heavy atom. The highest BCUT2D eigenvalue weighted by atomic mass is 79.9. The molecule has 1 fully saturated rings. The number of anilines is 1. The van der Waals surface area contributed by atoms with Crippen molar-refractivity contribution in [3.8, 4) is 11.8 Å². The van der Waals surface area contributed by atoms with Crippen LogP contribution in [0.3, 0.4) is 0 Å². The number of nitrogens with one attached hydrogen (secondary N) is 1. The summed E-state index contributed by atoms with van der Waals surface area (Å²) in [5.74, 6) is 3.24. The third kappa shape index (κ3) is 4.82. The smallest absolute Gasteiger partial charge is 0.255 e. The van der Waals surface area contributed by atoms with E-state index in [-0.39, 0.29) is 18.9 Å². The maximum atomic E-state index is 13.3. The number of carbonyl (C=O) groups excluding carboxylic acids is 2. The van der Waals surface area contributed by atoms with Gasteiger partial charge in [-0.2, -0.15) is 0 Å². The average molecular weight is 503 g/mol. The van der Waals surface area contributed by atoms with Crippen molar-refractivity contribution in [2.45, 2.75) is 19.1 Å². The van der Waals surface area contributed by atoms with Crippen molar-refractivity contribution in [3.63, 3.8) is 0 Å². The number of nitrogens with zero attached hydrogens (tertiary/aromatic N) is 2. The number of benzene rings is 2. The molecule has 2 amide bonds. The molecule has 2 aromatic rings. The van der Waals surface area contributed by atoms with Gasteiger partial charge in [-0.25, -0.2) is 14.4 Å². The molecule has 5 nitrogen and oxygen atoms in total. The maximum Gasteiger partial charge on any atom is 0.255 e. The number of halogens is 3. The molecule has 1 heterocycles. The second kappa shape index (κ2) is 9.23. The number of carbonyl (C=O) groups is 2. The lowest BCUT2D eigenvalue weighted by atomic mass is 10.1. The van der Waals surface area contributed by atoms with Crippen LogP contribution in [0.1, 0.15) is 12.0 Å². The van der Waals surface area contributed by atoms with Crippen LogP contribution in [0.4, 0.5) is 10.1 Å². The molecular formula is C23H18BrClFN3O2. The molecule has 1 aliphatic carbocycles. The first-order chi connectivity index (χ1) is 14.9. The first-order valence-corrected chi connectivity index (χ1v) is 10.8. The van der Waals surface area contributed by atoms with E-state index in [9.17, 15) is 14.0 Å². The Morgan fingerprint density at radius 3 is 2.65 bits per heavy atom. The zero-order valence-corrected chi connectivity index (χ0v) is 18.7. The van der Waals surface area contributed by atoms with Gasteiger partial charge in [0.15, 0.2) is 6.17 Å². The van der Waals surface area contributed by atoms with Crippen LogP contribution in [0.5, 0.6) is 0 Å². The van der Waals surface area contributed by atoms with Gasteiger partial charge in [0.2, 0.25) is 5.91 Å². The molecule has 1 aliphatic heterocycles. The molecule has 8 heteroatoms. The van der Waals surface area contributed by atoms with Crippen LogP contribution >= 0.6 is 27.5 Å². The summed E-state index contributed by atoms with van der Waals surface area (Å²) >= 11 is 9.72. The van der Waals surface area contributed by atoms with Crippen LogP contribution in [0.15, 0.2) is 64.8 Å². The van der Waals surface area contributed by atoms with E-state index in [2.05, 4.69) is 33.1 Å². The second-order valence-corrected chi connectivity index (χ2v) is 8.52. The molecule has 0 saturated carbocycles. The van der Waals surface area contributed by atoms with Crippen molar-refractivity contribution < 1.29 is 14.0 Å². The van der Waals surface area contributed by atoms with Crippen LogP contribution in [-0.2, 0) is 16.1 Å². The van der Waals surface area contributed by atoms with Crippen LogP contribution in [0.2, 0.25) is 5.02 Å². The molecule has 2 aromatic carbocycles. The Morgan fingerprint density at radius 2 is 1.97 bits per heavy atom. The molecule has 0 bridgehead atoms. The third-order valence-corrected chi connectivity index (χ3v) is 5.93. The lowest BCUT2D eigenvalue weighted by molar-refractivity contribution is -0.131. The fourth-order valence-corrected chi connectivity index (χ4v) is 3.93. The molecule has 0 aromatic heterocycles. The number of allylic oxidation sites excluding steroid dienone is 2. The van der Waals surface area contributed by atoms with Crippen LogP contribution in [-0.4, -0.2) is 29.5 Å². The topological polar surface area (TPSA) is 52.7 Å². The van der Waals surface area contributed by atoms with Gasteiger partial charge in [-0.3, -0.25) is 9.59 Å². The molecule has 31 heavy (non-hydrogen) atoms. The van der Waals surface area contributed by atoms with Gasteiger partial charge in [-0.05, 0) is 47.9 Å². The Balaban J connectivity index is 1.59. The standard InChI is InChI=1S/C23H18BrClFN3O2/c24-16-5-11-19(12-6-16)29-23(31)20(22(30)27-18-9-7-17(26)8-10-18)14-28(29)13-15-3-1-2-4-21(15)25/h1-6,9,11-12,17,20H,7,13-14H2,(H,27,30). The SMILES string of the molecule is O=C(NC1=CCC(F)C#C1)C1CN(Cc2ccccc2Cl)N(c2ccc(Br)cc2)C1=O. The summed E-state index contributed by atoms with van der Waals surface area (Å²) in [5.41, 5.74) is 1.81. The Labute approximate surface area is 192 Å². The van der Waals surface area contributed by atoms with E-state index in [0.717, 1.165) is 10.0 Å². The molecule has 1 N–H and O–H groups in total. The van der Waals surface area contributed by atoms with Crippen LogP contribution < -0.4 is 10.3 Å². The summed E-state index contributed by atoms with van der Waals surface area (Å²) in [6.45, 7) is 0.537. The molecule has 4 rings (SSSR count). The van der Waals surface area contributed by atoms with E-state index in [1.807, 2.05) is 30.3 Å². The van der Waals surface area contributed by atoms with Crippen molar-refractivity contribution >= 4 is 45.0 Å². The molecule has 2 atom stereocenters. The van der Waals surface area contributed by atoms with Crippen molar-refractivity contribution in [2.24, 2.45) is 5.92 Å². The first kappa shape index (κ1) is 21.6. The number of amides is 2. The number of alkyl halides is 1. The van der Waals surface area contributed by atoms with Crippen LogP contribution in [0.25, 0.3) is 0 Å². The zero-order chi connectivity index (χ0) is 22.0. The Hall–Kier alpha value is -2.66. The summed E-state index contributed by atoms with van der Waals surface area (Å²) in [6, 6.07) is 14.7. The predicted octanol–water partition coefficient (Wildman–Crippen LogP) is 4.23. The van der Waals surface area contributed by atoms with Gasteiger partial charge in [-0.15, -0.1) is 0 Å². The summed E-state index contributed by atoms with van der Waals surface area (Å²) < 4.78 is 14.1. The minimum Gasteiger partial charge on any atom is -0.319 e. The predicted molar refractivity (Wildman–Crippen MR) is 120 cm³/mol. The minimum atomic E-state index is -1.23. The molecule has 158 valence electrons. The first-order valence-electron chi connectivity index (χ1n) is 9.67. The lowest BCUT2D eigenvalue weighted by Gasteiger charge is -2.28. The van der Waals surface area contributed by atoms with E-state index in [4.69, 9.17) is 11.6 Å². The van der Waals surface area contributed by atoms with E-state index in [1.165, 1.54) is 11.1 Å². The van der Waals surface area contributed by atoms with Gasteiger partial charge in [0, 0.05) is 29.0 Å². The average Bonchev–Trinajstić information content (AvgIpc) is 3.08. The van der Waals surface area contributed by atoms with E-state index < -0.39 is 18.0 Å². The fourth-order valence-electron chi connectivity index (χ4n) is 3.47. The van der Waals surface area contributed by atoms with Gasteiger partial charge < -0.3 is 5.32 Å². The van der Waals surface area contributed by atoms with Gasteiger partial charge in [0.1, 0.15) is 5.92 Å². The highest BCUT2D eigenvalue weighted by Crippen LogP contribution is 2.30. The van der Waals surface area contributed by atoms with E-state index in [0.29, 0.717) is 23.0 Å². The van der Waals surface area contributed by atoms with Gasteiger partial charge in [-0.1, -0.05) is 51.7 Å². The molecule has 1 saturated heterocycles. The quantitative estimate of drug-likeness (QED) is 0.492. The summed E-state index contributed by atoms with van der Waals surface area (Å²) in [4.78, 5) is 26.2. The van der Waals surface area contributed by atoms with Crippen molar-refractivity contribution in [2.75, 3.05) is 11.6 Å². The van der Waals surface area contributed by atoms with Crippen LogP contribution in [0, 0.1) is 17.8 Å². The molecule has 0 radical (unpaired) electrons. The summed E-state index contributed by atoms with van der Waals surface area (Å²) in [5, 5.41) is 6.56. The summed E-state index contributed by atoms with van der Waals surface area (Å²) in [6.07, 6.45) is 0.421. The highest BCUT2D eigenvalue weighted by Gasteiger charge is 2.43. The fraction of sp³-hybridized carbons (Fsp3) is 0.217. The number of hydrogen-bond acceptors (Lipinski definition) is 3. The molecule has 2 aliphatic rings. The van der Waals surface area contributed by atoms with Crippen molar-refractivity contribution in [1.82, 2.24) is 10.3 Å². The lowest BCUT2D eigenvalue weighted by Crippen LogP contribution is -2.39. The van der Waals surface area contributed by atoms with Gasteiger partial charge in [0.25, 0.3) is 5.91 Å². The van der Waals surface area contributed by atoms with E-state index >= 15 is 0 Å². The Bertz CT molecular complexity index is 1110. The van der Waals surface area contributed by atoms with Crippen molar-refractivity contribution in [3.05, 3.63) is 75.4 Å². The van der Waals surface area contributed by atoms with E-state index in [1.54, 1.807) is 23.2 Å². The normalized spacial score (nSPS) is 20.8. The number of rotatable bonds is 5. The molecular weight excluding hydrogens is 485 g/mol. The number of hydrazine groups is 1. The molecule has 0 spiro atoms. The monoisotopic (exact) mass is 501 g/mol. The second-order valence-electron chi connectivity index (χ2n) is 7.20. The summed E-state index contributed by atoms with van der Waals surface area (Å²) in [7, 11) is 0. The Kier molecular flexibility index (Phi) is 6.42. The van der Waals surface area contributed by atoms with Crippen molar-refractivity contribution in [1.29, 1.82) is 0 Å². The molecule has 2 unspecified atom stereocenters.